The maximum absolute atomic E-state index is 5.43. The highest BCUT2D eigenvalue weighted by Gasteiger charge is 2.29. The summed E-state index contributed by atoms with van der Waals surface area (Å²) in [7, 11) is 0. The van der Waals surface area contributed by atoms with Gasteiger partial charge in [0.25, 0.3) is 0 Å². The van der Waals surface area contributed by atoms with Crippen LogP contribution in [0, 0.1) is 5.41 Å². The van der Waals surface area contributed by atoms with Crippen LogP contribution in [0.2, 0.25) is 0 Å². The summed E-state index contributed by atoms with van der Waals surface area (Å²) in [6.07, 6.45) is 4.68. The highest BCUT2D eigenvalue weighted by Crippen LogP contribution is 2.39. The summed E-state index contributed by atoms with van der Waals surface area (Å²) in [5.74, 6) is 2.50. The average Bonchev–Trinajstić information content (AvgIpc) is 3.21. The summed E-state index contributed by atoms with van der Waals surface area (Å²) < 4.78 is 6.31. The van der Waals surface area contributed by atoms with Crippen molar-refractivity contribution in [3.63, 3.8) is 0 Å². The fourth-order valence-electron chi connectivity index (χ4n) is 2.39. The fourth-order valence-corrected chi connectivity index (χ4v) is 2.79. The first-order valence-corrected chi connectivity index (χ1v) is 7.80. The van der Waals surface area contributed by atoms with E-state index in [0.717, 1.165) is 48.8 Å². The zero-order valence-electron chi connectivity index (χ0n) is 11.3. The molecule has 1 N–H and O–H groups in total. The van der Waals surface area contributed by atoms with Crippen LogP contribution in [0.25, 0.3) is 0 Å². The van der Waals surface area contributed by atoms with Gasteiger partial charge in [0.2, 0.25) is 0 Å². The molecule has 2 heterocycles. The molecular weight excluding hydrogens is 306 g/mol. The second-order valence-electron chi connectivity index (χ2n) is 5.98. The van der Waals surface area contributed by atoms with Crippen LogP contribution in [-0.2, 0) is 4.74 Å². The summed E-state index contributed by atoms with van der Waals surface area (Å²) >= 11 is 3.48. The van der Waals surface area contributed by atoms with Gasteiger partial charge in [-0.05, 0) is 47.0 Å². The molecule has 0 atom stereocenters. The molecule has 1 saturated carbocycles. The largest absolute Gasteiger partial charge is 0.381 e. The second kappa shape index (κ2) is 5.37. The molecule has 3 rings (SSSR count). The molecule has 4 nitrogen and oxygen atoms in total. The predicted octanol–water partition coefficient (Wildman–Crippen LogP) is 3.35. The molecule has 1 aliphatic carbocycles. The Morgan fingerprint density at radius 2 is 2.11 bits per heavy atom. The molecular formula is C14H20BrN3O. The standard InChI is InChI=1S/C14H20BrN3O/c1-14(4-6-19-7-5-14)9-16-12-8-11(15)17-13(18-12)10-2-3-10/h8,10H,2-7,9H2,1H3,(H,16,17,18). The Morgan fingerprint density at radius 3 is 2.79 bits per heavy atom. The number of hydrogen-bond donors (Lipinski definition) is 1. The van der Waals surface area contributed by atoms with Crippen molar-refractivity contribution in [1.29, 1.82) is 0 Å². The zero-order valence-corrected chi connectivity index (χ0v) is 12.9. The van der Waals surface area contributed by atoms with Gasteiger partial charge in [0.05, 0.1) is 0 Å². The van der Waals surface area contributed by atoms with Gasteiger partial charge in [0.1, 0.15) is 16.2 Å². The molecule has 1 aromatic heterocycles. The van der Waals surface area contributed by atoms with Gasteiger partial charge in [-0.25, -0.2) is 9.97 Å². The molecule has 0 radical (unpaired) electrons. The van der Waals surface area contributed by atoms with Crippen LogP contribution in [0.1, 0.15) is 44.3 Å². The quantitative estimate of drug-likeness (QED) is 0.862. The number of halogens is 1. The molecule has 5 heteroatoms. The Balaban J connectivity index is 1.65. The number of nitrogens with one attached hydrogen (secondary N) is 1. The third kappa shape index (κ3) is 3.45. The second-order valence-corrected chi connectivity index (χ2v) is 6.80. The Labute approximate surface area is 122 Å². The molecule has 104 valence electrons. The van der Waals surface area contributed by atoms with Gasteiger partial charge in [-0.15, -0.1) is 0 Å². The van der Waals surface area contributed by atoms with Gasteiger partial charge < -0.3 is 10.1 Å². The van der Waals surface area contributed by atoms with E-state index in [0.29, 0.717) is 11.3 Å². The van der Waals surface area contributed by atoms with Crippen molar-refractivity contribution in [2.24, 2.45) is 5.41 Å². The zero-order chi connectivity index (χ0) is 13.3. The first-order chi connectivity index (χ1) is 9.15. The van der Waals surface area contributed by atoms with Crippen molar-refractivity contribution in [1.82, 2.24) is 9.97 Å². The van der Waals surface area contributed by atoms with E-state index in [-0.39, 0.29) is 0 Å². The third-order valence-corrected chi connectivity index (χ3v) is 4.46. The van der Waals surface area contributed by atoms with E-state index in [1.54, 1.807) is 0 Å². The number of hydrogen-bond acceptors (Lipinski definition) is 4. The number of aromatic nitrogens is 2. The van der Waals surface area contributed by atoms with E-state index >= 15 is 0 Å². The van der Waals surface area contributed by atoms with Gasteiger partial charge in [-0.2, -0.15) is 0 Å². The minimum Gasteiger partial charge on any atom is -0.381 e. The lowest BCUT2D eigenvalue weighted by molar-refractivity contribution is 0.0299. The van der Waals surface area contributed by atoms with E-state index in [9.17, 15) is 0 Å². The highest BCUT2D eigenvalue weighted by molar-refractivity contribution is 9.10. The summed E-state index contributed by atoms with van der Waals surface area (Å²) in [6, 6.07) is 1.97. The Hall–Kier alpha value is -0.680. The number of anilines is 1. The van der Waals surface area contributed by atoms with Gasteiger partial charge in [-0.3, -0.25) is 0 Å². The molecule has 1 saturated heterocycles. The molecule has 0 amide bonds. The summed E-state index contributed by atoms with van der Waals surface area (Å²) in [5, 5.41) is 3.48. The van der Waals surface area contributed by atoms with Crippen molar-refractivity contribution in [3.8, 4) is 0 Å². The number of nitrogens with zero attached hydrogens (tertiary/aromatic N) is 2. The van der Waals surface area contributed by atoms with Crippen molar-refractivity contribution in [2.45, 2.75) is 38.5 Å². The van der Waals surface area contributed by atoms with Crippen LogP contribution in [0.15, 0.2) is 10.7 Å². The minimum absolute atomic E-state index is 0.315. The SMILES string of the molecule is CC1(CNc2cc(Br)nc(C3CC3)n2)CCOCC1. The van der Waals surface area contributed by atoms with Gasteiger partial charge >= 0.3 is 0 Å². The Kier molecular flexibility index (Phi) is 3.76. The lowest BCUT2D eigenvalue weighted by Gasteiger charge is -2.33. The summed E-state index contributed by atoms with van der Waals surface area (Å²) in [5.41, 5.74) is 0.315. The predicted molar refractivity (Wildman–Crippen MR) is 78.4 cm³/mol. The smallest absolute Gasteiger partial charge is 0.135 e. The van der Waals surface area contributed by atoms with Crippen molar-refractivity contribution in [2.75, 3.05) is 25.1 Å². The lowest BCUT2D eigenvalue weighted by Crippen LogP contribution is -2.33. The first kappa shape index (κ1) is 13.3. The third-order valence-electron chi connectivity index (χ3n) is 4.05. The van der Waals surface area contributed by atoms with E-state index in [4.69, 9.17) is 4.74 Å². The van der Waals surface area contributed by atoms with Gasteiger partial charge in [-0.1, -0.05) is 6.92 Å². The van der Waals surface area contributed by atoms with Gasteiger partial charge in [0, 0.05) is 31.7 Å². The molecule has 19 heavy (non-hydrogen) atoms. The molecule has 0 spiro atoms. The topological polar surface area (TPSA) is 47.0 Å². The van der Waals surface area contributed by atoms with Crippen LogP contribution < -0.4 is 5.32 Å². The normalized spacial score (nSPS) is 22.2. The molecule has 0 aromatic carbocycles. The Bertz CT molecular complexity index is 456. The van der Waals surface area contributed by atoms with Crippen molar-refractivity contribution < 1.29 is 4.74 Å². The number of rotatable bonds is 4. The minimum atomic E-state index is 0.315. The van der Waals surface area contributed by atoms with E-state index in [1.807, 2.05) is 6.07 Å². The summed E-state index contributed by atoms with van der Waals surface area (Å²) in [6.45, 7) is 5.02. The van der Waals surface area contributed by atoms with Crippen molar-refractivity contribution in [3.05, 3.63) is 16.5 Å². The van der Waals surface area contributed by atoms with E-state index in [2.05, 4.69) is 38.1 Å². The van der Waals surface area contributed by atoms with Crippen LogP contribution in [0.5, 0.6) is 0 Å². The van der Waals surface area contributed by atoms with Gasteiger partial charge in [0.15, 0.2) is 0 Å². The molecule has 0 bridgehead atoms. The van der Waals surface area contributed by atoms with Crippen molar-refractivity contribution >= 4 is 21.7 Å². The van der Waals surface area contributed by atoms with E-state index in [1.165, 1.54) is 12.8 Å². The van der Waals surface area contributed by atoms with Crippen LogP contribution >= 0.6 is 15.9 Å². The maximum atomic E-state index is 5.43. The average molecular weight is 326 g/mol. The monoisotopic (exact) mass is 325 g/mol. The lowest BCUT2D eigenvalue weighted by atomic mass is 9.82. The maximum Gasteiger partial charge on any atom is 0.135 e. The molecule has 2 aliphatic rings. The van der Waals surface area contributed by atoms with E-state index < -0.39 is 0 Å². The Morgan fingerprint density at radius 1 is 1.37 bits per heavy atom. The number of ether oxygens (including phenoxy) is 1. The van der Waals surface area contributed by atoms with Crippen LogP contribution in [0.4, 0.5) is 5.82 Å². The molecule has 2 fully saturated rings. The highest BCUT2D eigenvalue weighted by atomic mass is 79.9. The van der Waals surface area contributed by atoms with Crippen LogP contribution in [0.3, 0.4) is 0 Å². The molecule has 1 aliphatic heterocycles. The summed E-state index contributed by atoms with van der Waals surface area (Å²) in [4.78, 5) is 9.08. The fraction of sp³-hybridized carbons (Fsp3) is 0.714. The molecule has 1 aromatic rings. The first-order valence-electron chi connectivity index (χ1n) is 7.01. The van der Waals surface area contributed by atoms with Crippen LogP contribution in [-0.4, -0.2) is 29.7 Å². The molecule has 0 unspecified atom stereocenters.